The minimum absolute atomic E-state index is 0.0433. The van der Waals surface area contributed by atoms with Crippen LogP contribution in [0.5, 0.6) is 0 Å². The summed E-state index contributed by atoms with van der Waals surface area (Å²) in [7, 11) is -3.60. The molecule has 6 heteroatoms. The van der Waals surface area contributed by atoms with Crippen molar-refractivity contribution in [2.24, 2.45) is 11.8 Å². The standard InChI is InChI=1S/C13H19NO4S/c1-2-8-14(9-10-6-7-10)19(17,18)12-5-3-4-11(12)13(15)16/h1,10-12H,3-9H2,(H,15,16). The van der Waals surface area contributed by atoms with E-state index in [1.54, 1.807) is 0 Å². The number of carbonyl (C=O) groups is 1. The van der Waals surface area contributed by atoms with E-state index in [-0.39, 0.29) is 6.54 Å². The molecule has 2 fully saturated rings. The minimum atomic E-state index is -3.60. The Morgan fingerprint density at radius 1 is 1.32 bits per heavy atom. The van der Waals surface area contributed by atoms with Crippen LogP contribution in [-0.4, -0.2) is 42.1 Å². The Labute approximate surface area is 114 Å². The van der Waals surface area contributed by atoms with Crippen LogP contribution in [0.1, 0.15) is 32.1 Å². The number of terminal acetylenes is 1. The first-order valence-corrected chi connectivity index (χ1v) is 8.12. The van der Waals surface area contributed by atoms with E-state index in [9.17, 15) is 13.2 Å². The fourth-order valence-corrected chi connectivity index (χ4v) is 4.89. The third-order valence-corrected chi connectivity index (χ3v) is 6.27. The van der Waals surface area contributed by atoms with Gasteiger partial charge in [0.05, 0.1) is 17.7 Å². The monoisotopic (exact) mass is 285 g/mol. The number of nitrogens with zero attached hydrogens (tertiary/aromatic N) is 1. The van der Waals surface area contributed by atoms with Crippen LogP contribution >= 0.6 is 0 Å². The largest absolute Gasteiger partial charge is 0.481 e. The molecule has 2 aliphatic carbocycles. The molecule has 0 bridgehead atoms. The van der Waals surface area contributed by atoms with Gasteiger partial charge in [0, 0.05) is 6.54 Å². The molecule has 19 heavy (non-hydrogen) atoms. The van der Waals surface area contributed by atoms with E-state index in [1.807, 2.05) is 0 Å². The van der Waals surface area contributed by atoms with Gasteiger partial charge in [0.2, 0.25) is 10.0 Å². The topological polar surface area (TPSA) is 74.7 Å². The van der Waals surface area contributed by atoms with Gasteiger partial charge in [0.25, 0.3) is 0 Å². The van der Waals surface area contributed by atoms with Crippen LogP contribution < -0.4 is 0 Å². The van der Waals surface area contributed by atoms with Gasteiger partial charge in [-0.3, -0.25) is 4.79 Å². The second-order valence-electron chi connectivity index (χ2n) is 5.40. The zero-order valence-corrected chi connectivity index (χ0v) is 11.6. The highest BCUT2D eigenvalue weighted by Gasteiger charge is 2.45. The first-order chi connectivity index (χ1) is 8.96. The maximum atomic E-state index is 12.6. The zero-order chi connectivity index (χ0) is 14.0. The number of hydrogen-bond donors (Lipinski definition) is 1. The predicted octanol–water partition coefficient (Wildman–Crippen LogP) is 0.915. The average molecular weight is 285 g/mol. The zero-order valence-electron chi connectivity index (χ0n) is 10.8. The number of carboxylic acid groups (broad SMARTS) is 1. The summed E-state index contributed by atoms with van der Waals surface area (Å²) in [5.74, 6) is 0.967. The van der Waals surface area contributed by atoms with Gasteiger partial charge in [-0.15, -0.1) is 6.42 Å². The van der Waals surface area contributed by atoms with Gasteiger partial charge in [-0.25, -0.2) is 8.42 Å². The molecule has 0 spiro atoms. The SMILES string of the molecule is C#CCN(CC1CC1)S(=O)(=O)C1CCCC1C(=O)O. The molecule has 0 aromatic heterocycles. The van der Waals surface area contributed by atoms with Crippen LogP contribution in [0.3, 0.4) is 0 Å². The van der Waals surface area contributed by atoms with Crippen LogP contribution in [0.25, 0.3) is 0 Å². The molecular formula is C13H19NO4S. The van der Waals surface area contributed by atoms with Crippen LogP contribution in [0.2, 0.25) is 0 Å². The van der Waals surface area contributed by atoms with Crippen molar-refractivity contribution >= 4 is 16.0 Å². The highest BCUT2D eigenvalue weighted by Crippen LogP contribution is 2.36. The van der Waals surface area contributed by atoms with E-state index in [0.29, 0.717) is 31.7 Å². The summed E-state index contributed by atoms with van der Waals surface area (Å²) in [4.78, 5) is 11.2. The second kappa shape index (κ2) is 5.51. The van der Waals surface area contributed by atoms with Crippen molar-refractivity contribution in [2.45, 2.75) is 37.4 Å². The minimum Gasteiger partial charge on any atom is -0.481 e. The lowest BCUT2D eigenvalue weighted by Gasteiger charge is -2.25. The first-order valence-electron chi connectivity index (χ1n) is 6.62. The quantitative estimate of drug-likeness (QED) is 0.736. The summed E-state index contributed by atoms with van der Waals surface area (Å²) in [5.41, 5.74) is 0. The third kappa shape index (κ3) is 3.10. The van der Waals surface area contributed by atoms with Crippen LogP contribution in [0.15, 0.2) is 0 Å². The van der Waals surface area contributed by atoms with Crippen molar-refractivity contribution in [3.63, 3.8) is 0 Å². The Bertz CT molecular complexity index is 489. The molecule has 0 heterocycles. The highest BCUT2D eigenvalue weighted by atomic mass is 32.2. The van der Waals surface area contributed by atoms with Gasteiger partial charge >= 0.3 is 5.97 Å². The molecule has 0 aliphatic heterocycles. The Balaban J connectivity index is 2.18. The number of hydrogen-bond acceptors (Lipinski definition) is 3. The van der Waals surface area contributed by atoms with Gasteiger partial charge in [-0.2, -0.15) is 4.31 Å². The summed E-state index contributed by atoms with van der Waals surface area (Å²) in [6.07, 6.45) is 8.81. The molecule has 5 nitrogen and oxygen atoms in total. The van der Waals surface area contributed by atoms with E-state index in [4.69, 9.17) is 11.5 Å². The molecule has 2 aliphatic rings. The van der Waals surface area contributed by atoms with Gasteiger partial charge in [0.1, 0.15) is 0 Å². The van der Waals surface area contributed by atoms with Gasteiger partial charge in [0.15, 0.2) is 0 Å². The predicted molar refractivity (Wildman–Crippen MR) is 70.8 cm³/mol. The molecule has 2 unspecified atom stereocenters. The molecule has 1 N–H and O–H groups in total. The third-order valence-electron chi connectivity index (χ3n) is 3.94. The Kier molecular flexibility index (Phi) is 4.16. The summed E-state index contributed by atoms with van der Waals surface area (Å²) >= 11 is 0. The molecule has 0 saturated heterocycles. The number of carboxylic acids is 1. The summed E-state index contributed by atoms with van der Waals surface area (Å²) < 4.78 is 26.5. The fourth-order valence-electron chi connectivity index (χ4n) is 2.71. The van der Waals surface area contributed by atoms with Gasteiger partial charge < -0.3 is 5.11 Å². The average Bonchev–Trinajstić information content (AvgIpc) is 3.01. The molecule has 0 radical (unpaired) electrons. The van der Waals surface area contributed by atoms with Crippen molar-refractivity contribution in [2.75, 3.05) is 13.1 Å². The summed E-state index contributed by atoms with van der Waals surface area (Å²) in [6, 6.07) is 0. The van der Waals surface area contributed by atoms with Gasteiger partial charge in [-0.1, -0.05) is 12.3 Å². The van der Waals surface area contributed by atoms with Crippen molar-refractivity contribution in [3.05, 3.63) is 0 Å². The fraction of sp³-hybridized carbons (Fsp3) is 0.769. The number of aliphatic carboxylic acids is 1. The molecular weight excluding hydrogens is 266 g/mol. The molecule has 2 saturated carbocycles. The van der Waals surface area contributed by atoms with E-state index >= 15 is 0 Å². The number of rotatable bonds is 6. The molecule has 0 amide bonds. The van der Waals surface area contributed by atoms with E-state index in [2.05, 4.69) is 5.92 Å². The summed E-state index contributed by atoms with van der Waals surface area (Å²) in [6.45, 7) is 0.483. The smallest absolute Gasteiger partial charge is 0.307 e. The molecule has 2 rings (SSSR count). The van der Waals surface area contributed by atoms with Gasteiger partial charge in [-0.05, 0) is 31.6 Å². The first kappa shape index (κ1) is 14.4. The lowest BCUT2D eigenvalue weighted by Crippen LogP contribution is -2.43. The maximum absolute atomic E-state index is 12.6. The molecule has 2 atom stereocenters. The molecule has 106 valence electrons. The van der Waals surface area contributed by atoms with Crippen molar-refractivity contribution in [1.82, 2.24) is 4.31 Å². The Morgan fingerprint density at radius 3 is 2.53 bits per heavy atom. The Hall–Kier alpha value is -1.06. The van der Waals surface area contributed by atoms with E-state index < -0.39 is 27.2 Å². The maximum Gasteiger partial charge on any atom is 0.307 e. The molecule has 0 aromatic carbocycles. The van der Waals surface area contributed by atoms with Crippen LogP contribution in [0, 0.1) is 24.2 Å². The van der Waals surface area contributed by atoms with Crippen molar-refractivity contribution in [3.8, 4) is 12.3 Å². The van der Waals surface area contributed by atoms with E-state index in [0.717, 1.165) is 12.8 Å². The lowest BCUT2D eigenvalue weighted by molar-refractivity contribution is -0.141. The lowest BCUT2D eigenvalue weighted by atomic mass is 10.1. The number of sulfonamides is 1. The van der Waals surface area contributed by atoms with Crippen molar-refractivity contribution < 1.29 is 18.3 Å². The van der Waals surface area contributed by atoms with Crippen LogP contribution in [-0.2, 0) is 14.8 Å². The molecule has 0 aromatic rings. The van der Waals surface area contributed by atoms with E-state index in [1.165, 1.54) is 4.31 Å². The summed E-state index contributed by atoms with van der Waals surface area (Å²) in [5, 5.41) is 8.32. The second-order valence-corrected chi connectivity index (χ2v) is 7.55. The normalized spacial score (nSPS) is 27.4. The highest BCUT2D eigenvalue weighted by molar-refractivity contribution is 7.89. The van der Waals surface area contributed by atoms with Crippen molar-refractivity contribution in [1.29, 1.82) is 0 Å². The Morgan fingerprint density at radius 2 is 2.00 bits per heavy atom. The van der Waals surface area contributed by atoms with Crippen LogP contribution in [0.4, 0.5) is 0 Å².